The maximum absolute atomic E-state index is 9.24. The first-order chi connectivity index (χ1) is 9.10. The van der Waals surface area contributed by atoms with Gasteiger partial charge < -0.3 is 0 Å². The van der Waals surface area contributed by atoms with Gasteiger partial charge in [0.25, 0.3) is 0 Å². The molecule has 0 aliphatic rings. The van der Waals surface area contributed by atoms with Gasteiger partial charge in [-0.15, -0.1) is 0 Å². The average molecular weight is 383 g/mol. The van der Waals surface area contributed by atoms with Gasteiger partial charge in [0, 0.05) is 10.7 Å². The number of aromatic nitrogens is 2. The molecule has 5 heteroatoms. The van der Waals surface area contributed by atoms with E-state index in [-0.39, 0.29) is 0 Å². The van der Waals surface area contributed by atoms with Gasteiger partial charge in [-0.05, 0) is 23.6 Å². The van der Waals surface area contributed by atoms with Crippen LogP contribution in [0.3, 0.4) is 0 Å². The first-order valence-corrected chi connectivity index (χ1v) is 8.20. The summed E-state index contributed by atoms with van der Waals surface area (Å²) in [6.07, 6.45) is 0. The molecule has 0 aliphatic carbocycles. The summed E-state index contributed by atoms with van der Waals surface area (Å²) >= 11 is 6.85. The summed E-state index contributed by atoms with van der Waals surface area (Å²) in [6, 6.07) is 6.06. The Morgan fingerprint density at radius 2 is 1.63 bits per heavy atom. The lowest BCUT2D eigenvalue weighted by atomic mass is 9.97. The number of alkyl halides is 2. The van der Waals surface area contributed by atoms with E-state index < -0.39 is 0 Å². The molecular formula is C14H13Br2N3. The van der Waals surface area contributed by atoms with Crippen LogP contribution in [0.15, 0.2) is 12.1 Å². The number of hydrogen-bond donors (Lipinski definition) is 0. The summed E-state index contributed by atoms with van der Waals surface area (Å²) in [6.45, 7) is 4.15. The molecule has 0 aliphatic heterocycles. The second-order valence-corrected chi connectivity index (χ2v) is 5.70. The number of rotatable bonds is 3. The fraction of sp³-hybridized carbons (Fsp3) is 0.357. The first-order valence-electron chi connectivity index (χ1n) is 5.96. The molecule has 3 nitrogen and oxygen atoms in total. The van der Waals surface area contributed by atoms with Crippen molar-refractivity contribution in [2.75, 3.05) is 0 Å². The SMILES string of the molecule is CC(C)c1cc2nc(CBr)c(CBr)nc2cc1C#N. The van der Waals surface area contributed by atoms with Crippen molar-refractivity contribution >= 4 is 42.9 Å². The molecule has 0 radical (unpaired) electrons. The molecule has 1 heterocycles. The summed E-state index contributed by atoms with van der Waals surface area (Å²) in [5.41, 5.74) is 5.18. The van der Waals surface area contributed by atoms with Gasteiger partial charge in [-0.2, -0.15) is 5.26 Å². The molecule has 2 aromatic rings. The van der Waals surface area contributed by atoms with E-state index in [9.17, 15) is 5.26 Å². The van der Waals surface area contributed by atoms with E-state index in [1.54, 1.807) is 0 Å². The number of halogens is 2. The summed E-state index contributed by atoms with van der Waals surface area (Å²) < 4.78 is 0. The third-order valence-electron chi connectivity index (χ3n) is 2.99. The molecule has 0 atom stereocenters. The molecule has 0 N–H and O–H groups in total. The van der Waals surface area contributed by atoms with Crippen LogP contribution in [0.1, 0.15) is 42.3 Å². The van der Waals surface area contributed by atoms with Crippen molar-refractivity contribution in [3.63, 3.8) is 0 Å². The maximum Gasteiger partial charge on any atom is 0.0995 e. The number of benzene rings is 1. The van der Waals surface area contributed by atoms with Gasteiger partial charge in [0.2, 0.25) is 0 Å². The van der Waals surface area contributed by atoms with E-state index in [4.69, 9.17) is 0 Å². The Balaban J connectivity index is 2.75. The zero-order chi connectivity index (χ0) is 14.0. The van der Waals surface area contributed by atoms with Crippen LogP contribution < -0.4 is 0 Å². The zero-order valence-electron chi connectivity index (χ0n) is 10.7. The summed E-state index contributed by atoms with van der Waals surface area (Å²) in [5, 5.41) is 10.6. The monoisotopic (exact) mass is 381 g/mol. The molecule has 0 saturated heterocycles. The summed E-state index contributed by atoms with van der Waals surface area (Å²) in [5.74, 6) is 0.295. The number of hydrogen-bond acceptors (Lipinski definition) is 3. The van der Waals surface area contributed by atoms with Crippen LogP contribution in [-0.4, -0.2) is 9.97 Å². The van der Waals surface area contributed by atoms with Gasteiger partial charge >= 0.3 is 0 Å². The van der Waals surface area contributed by atoms with E-state index in [1.165, 1.54) is 0 Å². The van der Waals surface area contributed by atoms with Crippen molar-refractivity contribution in [1.29, 1.82) is 5.26 Å². The Hall–Kier alpha value is -0.990. The van der Waals surface area contributed by atoms with Gasteiger partial charge in [-0.3, -0.25) is 0 Å². The van der Waals surface area contributed by atoms with Gasteiger partial charge in [0.1, 0.15) is 0 Å². The van der Waals surface area contributed by atoms with Gasteiger partial charge in [0.05, 0.1) is 34.1 Å². The van der Waals surface area contributed by atoms with Crippen molar-refractivity contribution in [3.8, 4) is 6.07 Å². The second-order valence-electron chi connectivity index (χ2n) is 4.58. The van der Waals surface area contributed by atoms with Crippen molar-refractivity contribution in [1.82, 2.24) is 9.97 Å². The fourth-order valence-electron chi connectivity index (χ4n) is 1.98. The number of nitrogens with zero attached hydrogens (tertiary/aromatic N) is 3. The molecule has 0 bridgehead atoms. The van der Waals surface area contributed by atoms with E-state index in [2.05, 4.69) is 61.7 Å². The molecule has 0 fully saturated rings. The Bertz CT molecular complexity index is 660. The third-order valence-corrected chi connectivity index (χ3v) is 4.05. The quantitative estimate of drug-likeness (QED) is 0.738. The van der Waals surface area contributed by atoms with Crippen LogP contribution in [-0.2, 0) is 10.7 Å². The molecule has 0 saturated carbocycles. The molecule has 1 aromatic carbocycles. The van der Waals surface area contributed by atoms with Crippen LogP contribution in [0.5, 0.6) is 0 Å². The highest BCUT2D eigenvalue weighted by atomic mass is 79.9. The second kappa shape index (κ2) is 5.98. The minimum atomic E-state index is 0.295. The van der Waals surface area contributed by atoms with Crippen LogP contribution in [0.2, 0.25) is 0 Å². The lowest BCUT2D eigenvalue weighted by molar-refractivity contribution is 0.863. The lowest BCUT2D eigenvalue weighted by Gasteiger charge is -2.11. The lowest BCUT2D eigenvalue weighted by Crippen LogP contribution is -2.01. The summed E-state index contributed by atoms with van der Waals surface area (Å²) in [7, 11) is 0. The summed E-state index contributed by atoms with van der Waals surface area (Å²) in [4.78, 5) is 9.22. The average Bonchev–Trinajstić information content (AvgIpc) is 2.43. The first kappa shape index (κ1) is 14.4. The molecular weight excluding hydrogens is 370 g/mol. The largest absolute Gasteiger partial charge is 0.248 e. The van der Waals surface area contributed by atoms with Crippen molar-refractivity contribution in [2.24, 2.45) is 0 Å². The maximum atomic E-state index is 9.24. The van der Waals surface area contributed by atoms with Gasteiger partial charge in [-0.25, -0.2) is 9.97 Å². The van der Waals surface area contributed by atoms with Crippen LogP contribution in [0.25, 0.3) is 11.0 Å². The molecule has 0 amide bonds. The zero-order valence-corrected chi connectivity index (χ0v) is 13.9. The highest BCUT2D eigenvalue weighted by Crippen LogP contribution is 2.25. The topological polar surface area (TPSA) is 49.6 Å². The van der Waals surface area contributed by atoms with E-state index in [0.29, 0.717) is 22.1 Å². The van der Waals surface area contributed by atoms with E-state index >= 15 is 0 Å². The fourth-order valence-corrected chi connectivity index (χ4v) is 2.88. The van der Waals surface area contributed by atoms with Gasteiger partial charge in [0.15, 0.2) is 0 Å². The number of fused-ring (bicyclic) bond motifs is 1. The molecule has 1 aromatic heterocycles. The van der Waals surface area contributed by atoms with Crippen molar-refractivity contribution < 1.29 is 0 Å². The number of nitriles is 1. The minimum Gasteiger partial charge on any atom is -0.248 e. The van der Waals surface area contributed by atoms with E-state index in [1.807, 2.05) is 12.1 Å². The Morgan fingerprint density at radius 3 is 2.05 bits per heavy atom. The predicted molar refractivity (Wildman–Crippen MR) is 83.6 cm³/mol. The smallest absolute Gasteiger partial charge is 0.0995 e. The molecule has 2 rings (SSSR count). The predicted octanol–water partition coefficient (Wildman–Crippen LogP) is 4.41. The highest BCUT2D eigenvalue weighted by molar-refractivity contribution is 9.09. The van der Waals surface area contributed by atoms with E-state index in [0.717, 1.165) is 28.0 Å². The molecule has 19 heavy (non-hydrogen) atoms. The van der Waals surface area contributed by atoms with Crippen molar-refractivity contribution in [3.05, 3.63) is 34.6 Å². The van der Waals surface area contributed by atoms with Crippen LogP contribution in [0, 0.1) is 11.3 Å². The Morgan fingerprint density at radius 1 is 1.11 bits per heavy atom. The Kier molecular flexibility index (Phi) is 4.54. The normalized spacial score (nSPS) is 10.9. The minimum absolute atomic E-state index is 0.295. The van der Waals surface area contributed by atoms with Gasteiger partial charge in [-0.1, -0.05) is 45.7 Å². The van der Waals surface area contributed by atoms with Crippen LogP contribution in [0.4, 0.5) is 0 Å². The Labute approximate surface area is 129 Å². The van der Waals surface area contributed by atoms with Crippen LogP contribution >= 0.6 is 31.9 Å². The molecule has 0 unspecified atom stereocenters. The molecule has 98 valence electrons. The highest BCUT2D eigenvalue weighted by Gasteiger charge is 2.12. The standard InChI is InChI=1S/C14H13Br2N3/c1-8(2)10-4-12-11(3-9(10)7-17)18-13(5-15)14(6-16)19-12/h3-4,8H,5-6H2,1-2H3. The molecule has 0 spiro atoms. The van der Waals surface area contributed by atoms with Crippen molar-refractivity contribution in [2.45, 2.75) is 30.4 Å². The third kappa shape index (κ3) is 2.80.